The molecule has 34 heavy (non-hydrogen) atoms. The molecule has 3 aromatic rings. The van der Waals surface area contributed by atoms with Crippen molar-refractivity contribution >= 4 is 34.5 Å². The molecule has 4 rings (SSSR count). The highest BCUT2D eigenvalue weighted by Crippen LogP contribution is 2.24. The Bertz CT molecular complexity index is 1200. The number of anilines is 1. The molecule has 0 unspecified atom stereocenters. The minimum absolute atomic E-state index is 0.231. The lowest BCUT2D eigenvalue weighted by atomic mass is 10.0. The number of benzene rings is 2. The zero-order chi connectivity index (χ0) is 24.1. The first-order chi connectivity index (χ1) is 16.5. The number of hydrogen-bond donors (Lipinski definition) is 3. The number of pyridine rings is 1. The van der Waals surface area contributed by atoms with Gasteiger partial charge >= 0.3 is 6.09 Å². The van der Waals surface area contributed by atoms with Gasteiger partial charge in [-0.05, 0) is 41.5 Å². The molecule has 1 saturated heterocycles. The first-order valence-electron chi connectivity index (χ1n) is 11.1. The standard InChI is InChI=1S/C25H27N5O4/c1-34-25(33)29-21(17-6-3-2-4-7-17)24(32)30-13-5-8-20(30)23(31)28-15-16-9-10-19-18(14-16)11-12-27-22(19)26/h2-4,6-7,9-12,14,20-21H,5,8,13,15H2,1H3,(H2,26,27)(H,28,31)(H,29,33)/t20-,21-/m0/s1. The fourth-order valence-electron chi connectivity index (χ4n) is 4.25. The maximum atomic E-state index is 13.4. The van der Waals surface area contributed by atoms with Crippen LogP contribution in [0.4, 0.5) is 10.6 Å². The average Bonchev–Trinajstić information content (AvgIpc) is 3.36. The van der Waals surface area contributed by atoms with Crippen LogP contribution in [-0.2, 0) is 20.9 Å². The number of nitrogen functional groups attached to an aromatic ring is 1. The van der Waals surface area contributed by atoms with E-state index >= 15 is 0 Å². The largest absolute Gasteiger partial charge is 0.453 e. The number of nitrogens with two attached hydrogens (primary N) is 1. The van der Waals surface area contributed by atoms with Gasteiger partial charge < -0.3 is 26.0 Å². The van der Waals surface area contributed by atoms with Crippen molar-refractivity contribution in [3.8, 4) is 0 Å². The Hall–Kier alpha value is -4.14. The third-order valence-electron chi connectivity index (χ3n) is 5.99. The number of likely N-dealkylation sites (tertiary alicyclic amines) is 1. The smallest absolute Gasteiger partial charge is 0.407 e. The van der Waals surface area contributed by atoms with Crippen LogP contribution in [0, 0.1) is 0 Å². The van der Waals surface area contributed by atoms with Crippen LogP contribution < -0.4 is 16.4 Å². The average molecular weight is 462 g/mol. The fourth-order valence-corrected chi connectivity index (χ4v) is 4.25. The van der Waals surface area contributed by atoms with Crippen LogP contribution in [0.1, 0.15) is 30.0 Å². The predicted molar refractivity (Wildman–Crippen MR) is 127 cm³/mol. The number of aromatic nitrogens is 1. The van der Waals surface area contributed by atoms with Crippen LogP contribution in [0.5, 0.6) is 0 Å². The highest BCUT2D eigenvalue weighted by atomic mass is 16.5. The number of alkyl carbamates (subject to hydrolysis) is 1. The van der Waals surface area contributed by atoms with Gasteiger partial charge in [0.15, 0.2) is 0 Å². The summed E-state index contributed by atoms with van der Waals surface area (Å²) in [5.74, 6) is -0.116. The number of nitrogens with zero attached hydrogens (tertiary/aromatic N) is 2. The molecule has 2 atom stereocenters. The molecule has 0 spiro atoms. The third-order valence-corrected chi connectivity index (χ3v) is 5.99. The van der Waals surface area contributed by atoms with Gasteiger partial charge in [0.25, 0.3) is 5.91 Å². The maximum absolute atomic E-state index is 13.4. The molecular formula is C25H27N5O4. The number of hydrogen-bond acceptors (Lipinski definition) is 6. The highest BCUT2D eigenvalue weighted by Gasteiger charge is 2.38. The van der Waals surface area contributed by atoms with Crippen molar-refractivity contribution in [1.29, 1.82) is 0 Å². The van der Waals surface area contributed by atoms with Gasteiger partial charge in [0.05, 0.1) is 7.11 Å². The number of fused-ring (bicyclic) bond motifs is 1. The number of ether oxygens (including phenoxy) is 1. The molecule has 1 aromatic heterocycles. The Morgan fingerprint density at radius 2 is 1.97 bits per heavy atom. The van der Waals surface area contributed by atoms with Gasteiger partial charge in [0.2, 0.25) is 5.91 Å². The van der Waals surface area contributed by atoms with Gasteiger partial charge in [-0.15, -0.1) is 0 Å². The van der Waals surface area contributed by atoms with Crippen LogP contribution >= 0.6 is 0 Å². The summed E-state index contributed by atoms with van der Waals surface area (Å²) in [6.07, 6.45) is 2.19. The number of methoxy groups -OCH3 is 1. The van der Waals surface area contributed by atoms with Gasteiger partial charge in [-0.3, -0.25) is 9.59 Å². The van der Waals surface area contributed by atoms with E-state index in [0.717, 1.165) is 16.3 Å². The van der Waals surface area contributed by atoms with E-state index in [4.69, 9.17) is 10.5 Å². The van der Waals surface area contributed by atoms with Gasteiger partial charge in [0.1, 0.15) is 17.9 Å². The maximum Gasteiger partial charge on any atom is 0.407 e. The van der Waals surface area contributed by atoms with Gasteiger partial charge in [-0.1, -0.05) is 42.5 Å². The van der Waals surface area contributed by atoms with E-state index in [9.17, 15) is 14.4 Å². The third kappa shape index (κ3) is 4.93. The van der Waals surface area contributed by atoms with E-state index in [1.165, 1.54) is 12.0 Å². The Labute approximate surface area is 197 Å². The molecule has 1 fully saturated rings. The monoisotopic (exact) mass is 461 g/mol. The lowest BCUT2D eigenvalue weighted by Crippen LogP contribution is -2.50. The SMILES string of the molecule is COC(=O)N[C@H](C(=O)N1CCC[C@H]1C(=O)NCc1ccc2c(N)nccc2c1)c1ccccc1. The van der Waals surface area contributed by atoms with Crippen molar-refractivity contribution in [2.75, 3.05) is 19.4 Å². The Morgan fingerprint density at radius 1 is 1.18 bits per heavy atom. The summed E-state index contributed by atoms with van der Waals surface area (Å²) >= 11 is 0. The summed E-state index contributed by atoms with van der Waals surface area (Å²) in [6, 6.07) is 15.0. The van der Waals surface area contributed by atoms with E-state index < -0.39 is 18.2 Å². The van der Waals surface area contributed by atoms with E-state index in [2.05, 4.69) is 15.6 Å². The molecule has 0 radical (unpaired) electrons. The Kier molecular flexibility index (Phi) is 6.91. The van der Waals surface area contributed by atoms with Gasteiger partial charge in [-0.25, -0.2) is 9.78 Å². The quantitative estimate of drug-likeness (QED) is 0.518. The van der Waals surface area contributed by atoms with Crippen LogP contribution in [0.2, 0.25) is 0 Å². The molecule has 3 amide bonds. The molecule has 2 heterocycles. The second-order valence-electron chi connectivity index (χ2n) is 8.14. The number of amides is 3. The normalized spacial score (nSPS) is 16.1. The topological polar surface area (TPSA) is 127 Å². The minimum Gasteiger partial charge on any atom is -0.453 e. The minimum atomic E-state index is -0.943. The van der Waals surface area contributed by atoms with Gasteiger partial charge in [-0.2, -0.15) is 0 Å². The fraction of sp³-hybridized carbons (Fsp3) is 0.280. The summed E-state index contributed by atoms with van der Waals surface area (Å²) < 4.78 is 4.70. The lowest BCUT2D eigenvalue weighted by Gasteiger charge is -2.28. The van der Waals surface area contributed by atoms with Crippen LogP contribution in [0.3, 0.4) is 0 Å². The molecule has 176 valence electrons. The van der Waals surface area contributed by atoms with Crippen LogP contribution in [0.25, 0.3) is 10.8 Å². The summed E-state index contributed by atoms with van der Waals surface area (Å²) in [5.41, 5.74) is 7.44. The van der Waals surface area contributed by atoms with Crippen molar-refractivity contribution in [1.82, 2.24) is 20.5 Å². The Morgan fingerprint density at radius 3 is 2.74 bits per heavy atom. The molecular weight excluding hydrogens is 434 g/mol. The molecule has 1 aliphatic heterocycles. The summed E-state index contributed by atoms with van der Waals surface area (Å²) in [6.45, 7) is 0.753. The molecule has 2 aromatic carbocycles. The van der Waals surface area contributed by atoms with E-state index in [1.807, 2.05) is 30.3 Å². The van der Waals surface area contributed by atoms with Crippen molar-refractivity contribution in [2.24, 2.45) is 0 Å². The number of carbonyl (C=O) groups excluding carboxylic acids is 3. The van der Waals surface area contributed by atoms with E-state index in [-0.39, 0.29) is 11.8 Å². The second-order valence-corrected chi connectivity index (χ2v) is 8.14. The number of rotatable bonds is 6. The van der Waals surface area contributed by atoms with Gasteiger partial charge in [0, 0.05) is 24.7 Å². The predicted octanol–water partition coefficient (Wildman–Crippen LogP) is 2.52. The lowest BCUT2D eigenvalue weighted by molar-refractivity contribution is -0.140. The summed E-state index contributed by atoms with van der Waals surface area (Å²) in [4.78, 5) is 44.0. The first kappa shape index (κ1) is 23.0. The molecule has 0 aliphatic carbocycles. The summed E-state index contributed by atoms with van der Waals surface area (Å²) in [5, 5.41) is 7.34. The molecule has 9 heteroatoms. The highest BCUT2D eigenvalue weighted by molar-refractivity contribution is 5.93. The van der Waals surface area contributed by atoms with Crippen molar-refractivity contribution in [3.63, 3.8) is 0 Å². The Balaban J connectivity index is 1.46. The molecule has 0 bridgehead atoms. The van der Waals surface area contributed by atoms with Crippen molar-refractivity contribution < 1.29 is 19.1 Å². The zero-order valence-corrected chi connectivity index (χ0v) is 18.9. The second kappa shape index (κ2) is 10.2. The summed E-state index contributed by atoms with van der Waals surface area (Å²) in [7, 11) is 1.24. The number of nitrogens with one attached hydrogen (secondary N) is 2. The molecule has 9 nitrogen and oxygen atoms in total. The van der Waals surface area contributed by atoms with Crippen LogP contribution in [-0.4, -0.2) is 47.5 Å². The first-order valence-corrected chi connectivity index (χ1v) is 11.1. The molecule has 0 saturated carbocycles. The molecule has 1 aliphatic rings. The molecule has 4 N–H and O–H groups in total. The zero-order valence-electron chi connectivity index (χ0n) is 18.9. The van der Waals surface area contributed by atoms with E-state index in [1.54, 1.807) is 30.5 Å². The van der Waals surface area contributed by atoms with E-state index in [0.29, 0.717) is 37.3 Å². The van der Waals surface area contributed by atoms with Crippen molar-refractivity contribution in [3.05, 3.63) is 71.9 Å². The van der Waals surface area contributed by atoms with Crippen LogP contribution in [0.15, 0.2) is 60.8 Å². The van der Waals surface area contributed by atoms with Crippen molar-refractivity contribution in [2.45, 2.75) is 31.5 Å². The number of carbonyl (C=O) groups is 3.